The first-order chi connectivity index (χ1) is 22.6. The molecular weight excluding hydrogens is 755 g/mol. The maximum Gasteiger partial charge on any atom is -0.147 e. The standard InChI is InChI=1S/C23H27.C22H25.2CH3.2ClH.H2Si.Zr/c1-14-12-20-16(3)15(2)17(4)22(21(20)13-14)18-8-10-19(11-9-18)23(5,6)7;1-15(2)18-13-17-7-6-8-20(21(17)14-18)16-9-11-19(12-10-16)22(3,4)5;;;;;;/h8-13H,1-7H3;6-15H,1-5H3;2*1H3;2*1H;1H2;. The molecule has 4 aromatic rings. The normalized spacial score (nSPS) is 17.3. The Hall–Kier alpha value is -1.96. The Morgan fingerprint density at radius 1 is 0.608 bits per heavy atom. The van der Waals surface area contributed by atoms with Gasteiger partial charge in [0.2, 0.25) is 0 Å². The molecule has 272 valence electrons. The van der Waals surface area contributed by atoms with Crippen LogP contribution in [0.15, 0.2) is 77.9 Å². The van der Waals surface area contributed by atoms with Crippen LogP contribution in [-0.4, -0.2) is 6.88 Å². The van der Waals surface area contributed by atoms with Gasteiger partial charge in [-0.1, -0.05) is 0 Å². The first-order valence-electron chi connectivity index (χ1n) is 18.6. The van der Waals surface area contributed by atoms with Crippen LogP contribution in [0.1, 0.15) is 120 Å². The molecule has 0 aromatic heterocycles. The maximum absolute atomic E-state index is 3.77. The molecule has 0 heterocycles. The maximum atomic E-state index is 2.80. The third-order valence-corrected chi connectivity index (χ3v) is 29.9. The summed E-state index contributed by atoms with van der Waals surface area (Å²) in [6.07, 6.45) is 5.22. The monoisotopic (exact) mass is 814 g/mol. The van der Waals surface area contributed by atoms with E-state index < -0.39 is 17.4 Å². The Kier molecular flexibility index (Phi) is 11.5. The number of benzene rings is 4. The smallest absolute Gasteiger partial charge is 0.147 e. The molecule has 2 atom stereocenters. The summed E-state index contributed by atoms with van der Waals surface area (Å²) in [5, 5.41) is 0. The van der Waals surface area contributed by atoms with Crippen LogP contribution >= 0.6 is 24.8 Å². The Labute approximate surface area is 325 Å². The quantitative estimate of drug-likeness (QED) is 0.176. The summed E-state index contributed by atoms with van der Waals surface area (Å²) in [6, 6.07) is 26.1. The van der Waals surface area contributed by atoms with Crippen LogP contribution in [0.3, 0.4) is 0 Å². The van der Waals surface area contributed by atoms with Crippen LogP contribution in [0, 0.1) is 26.7 Å². The minimum absolute atomic E-state index is 0. The molecule has 4 heteroatoms. The molecule has 0 fully saturated rings. The van der Waals surface area contributed by atoms with E-state index in [4.69, 9.17) is 0 Å². The second-order valence-corrected chi connectivity index (χ2v) is 49.5. The van der Waals surface area contributed by atoms with Gasteiger partial charge in [0.1, 0.15) is 0 Å². The Morgan fingerprint density at radius 2 is 1.12 bits per heavy atom. The van der Waals surface area contributed by atoms with E-state index in [2.05, 4.69) is 178 Å². The fraction of sp³-hybridized carbons (Fsp3) is 0.404. The Balaban J connectivity index is 0.00000292. The summed E-state index contributed by atoms with van der Waals surface area (Å²) in [5.41, 5.74) is 22.4. The number of allylic oxidation sites excluding steroid dienone is 2. The fourth-order valence-electron chi connectivity index (χ4n) is 9.55. The molecule has 0 N–H and O–H groups in total. The van der Waals surface area contributed by atoms with Crippen molar-refractivity contribution < 1.29 is 17.4 Å². The molecule has 0 radical (unpaired) electrons. The number of halogens is 2. The fourth-order valence-corrected chi connectivity index (χ4v) is 30.2. The summed E-state index contributed by atoms with van der Waals surface area (Å²) in [6.45, 7) is 30.8. The van der Waals surface area contributed by atoms with Gasteiger partial charge in [-0.3, -0.25) is 0 Å². The Morgan fingerprint density at radius 3 is 1.61 bits per heavy atom. The van der Waals surface area contributed by atoms with Crippen LogP contribution in [-0.2, 0) is 28.2 Å². The summed E-state index contributed by atoms with van der Waals surface area (Å²) in [4.78, 5) is 0. The summed E-state index contributed by atoms with van der Waals surface area (Å²) in [5.74, 6) is 0.494. The van der Waals surface area contributed by atoms with E-state index in [1.165, 1.54) is 61.2 Å². The summed E-state index contributed by atoms with van der Waals surface area (Å²) < 4.78 is 6.58. The van der Waals surface area contributed by atoms with Gasteiger partial charge in [0.15, 0.2) is 0 Å². The van der Waals surface area contributed by atoms with Crippen molar-refractivity contribution in [3.63, 3.8) is 0 Å². The van der Waals surface area contributed by atoms with Gasteiger partial charge < -0.3 is 0 Å². The zero-order valence-electron chi connectivity index (χ0n) is 33.8. The number of hydrogen-bond donors (Lipinski definition) is 0. The van der Waals surface area contributed by atoms with Crippen molar-refractivity contribution >= 4 is 43.8 Å². The molecule has 0 amide bonds. The topological polar surface area (TPSA) is 0 Å². The van der Waals surface area contributed by atoms with Crippen LogP contribution in [0.2, 0.25) is 9.26 Å². The molecule has 0 aliphatic heterocycles. The van der Waals surface area contributed by atoms with Crippen molar-refractivity contribution in [1.29, 1.82) is 0 Å². The zero-order valence-corrected chi connectivity index (χ0v) is 39.3. The first kappa shape index (κ1) is 41.8. The van der Waals surface area contributed by atoms with Crippen LogP contribution < -0.4 is 0 Å². The molecule has 0 nitrogen and oxygen atoms in total. The zero-order chi connectivity index (χ0) is 36.0. The van der Waals surface area contributed by atoms with Crippen molar-refractivity contribution in [3.8, 4) is 22.3 Å². The molecule has 2 aliphatic carbocycles. The summed E-state index contributed by atoms with van der Waals surface area (Å²) in [7, 11) is 0. The molecule has 2 aliphatic rings. The number of rotatable bonds is 5. The van der Waals surface area contributed by atoms with Crippen LogP contribution in [0.5, 0.6) is 0 Å². The Bertz CT molecular complexity index is 2110. The van der Waals surface area contributed by atoms with Crippen molar-refractivity contribution in [2.24, 2.45) is 5.92 Å². The second-order valence-electron chi connectivity index (χ2n) is 19.0. The average molecular weight is 817 g/mol. The third kappa shape index (κ3) is 7.07. The molecule has 2 unspecified atom stereocenters. The van der Waals surface area contributed by atoms with Crippen molar-refractivity contribution in [2.45, 2.75) is 110 Å². The van der Waals surface area contributed by atoms with E-state index in [0.717, 1.165) is 0 Å². The van der Waals surface area contributed by atoms with Gasteiger partial charge in [-0.15, -0.1) is 24.8 Å². The van der Waals surface area contributed by atoms with Gasteiger partial charge in [-0.25, -0.2) is 0 Å². The molecule has 6 rings (SSSR count). The van der Waals surface area contributed by atoms with E-state index in [-0.39, 0.29) is 35.6 Å². The number of hydrogen-bond acceptors (Lipinski definition) is 0. The molecule has 0 bridgehead atoms. The van der Waals surface area contributed by atoms with Crippen molar-refractivity contribution in [2.75, 3.05) is 0 Å². The van der Waals surface area contributed by atoms with E-state index in [1.54, 1.807) is 22.3 Å². The van der Waals surface area contributed by atoms with E-state index >= 15 is 0 Å². The SMILES string of the molecule is CC1=Cc2c(-c3ccc(C(C)(C)C)cc3)c(C)c(C)c(C)c2[CH]1[Zr]([CH3])([CH3])(=[SiH2])[CH]1C(C(C)C)=Cc2c(-c3ccc(C(C)(C)C)cc3)cccc21.Cl.Cl. The van der Waals surface area contributed by atoms with Crippen molar-refractivity contribution in [3.05, 3.63) is 128 Å². The van der Waals surface area contributed by atoms with Gasteiger partial charge >= 0.3 is 303 Å². The molecule has 0 spiro atoms. The molecular formula is C47H62Cl2SiZr. The largest absolute Gasteiger partial charge is 0.147 e. The van der Waals surface area contributed by atoms with E-state index in [0.29, 0.717) is 13.2 Å². The summed E-state index contributed by atoms with van der Waals surface area (Å²) >= 11 is -3.77. The van der Waals surface area contributed by atoms with Gasteiger partial charge in [0, 0.05) is 0 Å². The minimum atomic E-state index is -3.77. The predicted molar refractivity (Wildman–Crippen MR) is 232 cm³/mol. The first-order valence-corrected chi connectivity index (χ1v) is 32.2. The van der Waals surface area contributed by atoms with Gasteiger partial charge in [-0.2, -0.15) is 0 Å². The average Bonchev–Trinajstić information content (AvgIpc) is 3.59. The van der Waals surface area contributed by atoms with E-state index in [9.17, 15) is 0 Å². The van der Waals surface area contributed by atoms with Crippen LogP contribution in [0.25, 0.3) is 34.4 Å². The van der Waals surface area contributed by atoms with Crippen LogP contribution in [0.4, 0.5) is 0 Å². The molecule has 4 aromatic carbocycles. The third-order valence-electron chi connectivity index (χ3n) is 12.3. The van der Waals surface area contributed by atoms with E-state index in [1.807, 2.05) is 0 Å². The molecule has 51 heavy (non-hydrogen) atoms. The van der Waals surface area contributed by atoms with Gasteiger partial charge in [-0.05, 0) is 0 Å². The van der Waals surface area contributed by atoms with Crippen molar-refractivity contribution in [1.82, 2.24) is 0 Å². The molecule has 0 saturated carbocycles. The second kappa shape index (κ2) is 14.0. The predicted octanol–water partition coefficient (Wildman–Crippen LogP) is 14.0. The van der Waals surface area contributed by atoms with Gasteiger partial charge in [0.05, 0.1) is 0 Å². The van der Waals surface area contributed by atoms with Gasteiger partial charge in [0.25, 0.3) is 0 Å². The number of fused-ring (bicyclic) bond motifs is 2. The molecule has 0 saturated heterocycles. The minimum Gasteiger partial charge on any atom is -0.147 e.